The minimum Gasteiger partial charge on any atom is -0.497 e. The van der Waals surface area contributed by atoms with Crippen LogP contribution in [-0.2, 0) is 11.3 Å². The molecule has 0 fully saturated rings. The molecule has 146 valence electrons. The predicted octanol–water partition coefficient (Wildman–Crippen LogP) is 4.09. The second kappa shape index (κ2) is 10.4. The number of amides is 1. The highest BCUT2D eigenvalue weighted by Crippen LogP contribution is 2.27. The van der Waals surface area contributed by atoms with Gasteiger partial charge in [0.1, 0.15) is 28.9 Å². The van der Waals surface area contributed by atoms with E-state index in [0.29, 0.717) is 29.4 Å². The van der Waals surface area contributed by atoms with E-state index in [1.165, 1.54) is 6.08 Å². The van der Waals surface area contributed by atoms with Crippen LogP contribution in [0.25, 0.3) is 6.08 Å². The third-order valence-corrected chi connectivity index (χ3v) is 4.49. The molecule has 6 nitrogen and oxygen atoms in total. The van der Waals surface area contributed by atoms with Crippen LogP contribution in [0.3, 0.4) is 0 Å². The van der Waals surface area contributed by atoms with Gasteiger partial charge in [0.05, 0.1) is 25.3 Å². The van der Waals surface area contributed by atoms with Crippen LogP contribution in [0.2, 0.25) is 0 Å². The Kier molecular flexibility index (Phi) is 7.90. The molecule has 0 unspecified atom stereocenters. The summed E-state index contributed by atoms with van der Waals surface area (Å²) >= 11 is 3.42. The number of ether oxygens (including phenoxy) is 3. The molecule has 0 saturated heterocycles. The van der Waals surface area contributed by atoms with E-state index in [1.807, 2.05) is 13.0 Å². The number of nitriles is 1. The van der Waals surface area contributed by atoms with Gasteiger partial charge in [0.2, 0.25) is 0 Å². The van der Waals surface area contributed by atoms with Gasteiger partial charge in [-0.25, -0.2) is 0 Å². The number of halogens is 1. The van der Waals surface area contributed by atoms with Gasteiger partial charge >= 0.3 is 0 Å². The van der Waals surface area contributed by atoms with Crippen LogP contribution >= 0.6 is 15.9 Å². The minimum atomic E-state index is -0.467. The average molecular weight is 445 g/mol. The molecule has 0 aliphatic carbocycles. The number of nitrogens with one attached hydrogen (secondary N) is 1. The van der Waals surface area contributed by atoms with Crippen molar-refractivity contribution in [2.75, 3.05) is 20.8 Å². The zero-order chi connectivity index (χ0) is 20.5. The number of rotatable bonds is 8. The summed E-state index contributed by atoms with van der Waals surface area (Å²) in [5, 5.41) is 12.1. The van der Waals surface area contributed by atoms with Gasteiger partial charge in [-0.3, -0.25) is 4.79 Å². The number of carbonyl (C=O) groups is 1. The first kappa shape index (κ1) is 21.3. The molecule has 0 heterocycles. The van der Waals surface area contributed by atoms with Crippen molar-refractivity contribution < 1.29 is 19.0 Å². The number of hydrogen-bond donors (Lipinski definition) is 1. The Balaban J connectivity index is 2.13. The van der Waals surface area contributed by atoms with Crippen molar-refractivity contribution in [3.8, 4) is 23.3 Å². The summed E-state index contributed by atoms with van der Waals surface area (Å²) in [6.45, 7) is 2.67. The number of benzene rings is 2. The molecule has 7 heteroatoms. The molecule has 0 bridgehead atoms. The molecule has 0 radical (unpaired) electrons. The summed E-state index contributed by atoms with van der Waals surface area (Å²) in [6.07, 6.45) is 1.53. The Bertz CT molecular complexity index is 919. The normalized spacial score (nSPS) is 10.8. The summed E-state index contributed by atoms with van der Waals surface area (Å²) in [6, 6.07) is 12.6. The lowest BCUT2D eigenvalue weighted by Gasteiger charge is -2.11. The lowest BCUT2D eigenvalue weighted by atomic mass is 10.1. The monoisotopic (exact) mass is 444 g/mol. The molecule has 28 heavy (non-hydrogen) atoms. The van der Waals surface area contributed by atoms with Crippen LogP contribution < -0.4 is 19.5 Å². The predicted molar refractivity (Wildman–Crippen MR) is 110 cm³/mol. The van der Waals surface area contributed by atoms with Crippen LogP contribution in [0.1, 0.15) is 18.1 Å². The van der Waals surface area contributed by atoms with Crippen molar-refractivity contribution in [3.63, 3.8) is 0 Å². The van der Waals surface area contributed by atoms with E-state index in [9.17, 15) is 10.1 Å². The van der Waals surface area contributed by atoms with Crippen molar-refractivity contribution >= 4 is 27.9 Å². The number of hydrogen-bond acceptors (Lipinski definition) is 5. The number of carbonyl (C=O) groups excluding carboxylic acids is 1. The lowest BCUT2D eigenvalue weighted by molar-refractivity contribution is -0.117. The van der Waals surface area contributed by atoms with Gasteiger partial charge in [0, 0.05) is 18.2 Å². The third-order valence-electron chi connectivity index (χ3n) is 3.87. The van der Waals surface area contributed by atoms with Crippen molar-refractivity contribution in [1.82, 2.24) is 5.32 Å². The van der Waals surface area contributed by atoms with E-state index in [0.717, 1.165) is 10.0 Å². The molecule has 1 amide bonds. The highest BCUT2D eigenvalue weighted by Gasteiger charge is 2.12. The van der Waals surface area contributed by atoms with Crippen LogP contribution in [0, 0.1) is 11.3 Å². The Morgan fingerprint density at radius 1 is 1.18 bits per heavy atom. The molecule has 1 N–H and O–H groups in total. The molecule has 0 saturated carbocycles. The van der Waals surface area contributed by atoms with Gasteiger partial charge in [-0.15, -0.1) is 0 Å². The zero-order valence-corrected chi connectivity index (χ0v) is 17.5. The summed E-state index contributed by atoms with van der Waals surface area (Å²) in [5.74, 6) is 1.49. The fourth-order valence-corrected chi connectivity index (χ4v) is 2.97. The van der Waals surface area contributed by atoms with E-state index < -0.39 is 5.91 Å². The first-order valence-electron chi connectivity index (χ1n) is 8.55. The van der Waals surface area contributed by atoms with E-state index >= 15 is 0 Å². The maximum atomic E-state index is 12.4. The van der Waals surface area contributed by atoms with Gasteiger partial charge in [0.25, 0.3) is 5.91 Å². The van der Waals surface area contributed by atoms with E-state index in [1.54, 1.807) is 50.6 Å². The standard InChI is InChI=1S/C21H21BrN2O4/c1-4-28-19-8-5-14(10-18(19)22)9-16(12-23)21(25)24-13-15-6-7-17(26-2)11-20(15)27-3/h5-11H,4,13H2,1-3H3,(H,24,25)/b16-9+. The molecule has 0 aliphatic heterocycles. The molecule has 0 aliphatic rings. The Labute approximate surface area is 172 Å². The van der Waals surface area contributed by atoms with Crippen molar-refractivity contribution in [1.29, 1.82) is 5.26 Å². The van der Waals surface area contributed by atoms with Crippen LogP contribution in [0.4, 0.5) is 0 Å². The molecule has 0 aromatic heterocycles. The Hall–Kier alpha value is -2.98. The fourth-order valence-electron chi connectivity index (χ4n) is 2.46. The highest BCUT2D eigenvalue weighted by molar-refractivity contribution is 9.10. The topological polar surface area (TPSA) is 80.6 Å². The van der Waals surface area contributed by atoms with Gasteiger partial charge in [-0.2, -0.15) is 5.26 Å². The minimum absolute atomic E-state index is 0.00328. The van der Waals surface area contributed by atoms with Crippen molar-refractivity contribution in [3.05, 3.63) is 57.6 Å². The summed E-state index contributed by atoms with van der Waals surface area (Å²) in [4.78, 5) is 12.4. The smallest absolute Gasteiger partial charge is 0.262 e. The number of methoxy groups -OCH3 is 2. The third kappa shape index (κ3) is 5.51. The van der Waals surface area contributed by atoms with E-state index in [2.05, 4.69) is 21.2 Å². The van der Waals surface area contributed by atoms with Crippen LogP contribution in [0.15, 0.2) is 46.4 Å². The molecule has 0 spiro atoms. The van der Waals surface area contributed by atoms with Gasteiger partial charge < -0.3 is 19.5 Å². The maximum absolute atomic E-state index is 12.4. The first-order valence-corrected chi connectivity index (χ1v) is 9.34. The SMILES string of the molecule is CCOc1ccc(/C=C(\C#N)C(=O)NCc2ccc(OC)cc2OC)cc1Br. The first-order chi connectivity index (χ1) is 13.5. The Morgan fingerprint density at radius 2 is 1.96 bits per heavy atom. The Morgan fingerprint density at radius 3 is 2.57 bits per heavy atom. The second-order valence-electron chi connectivity index (χ2n) is 5.65. The summed E-state index contributed by atoms with van der Waals surface area (Å²) in [5.41, 5.74) is 1.49. The summed E-state index contributed by atoms with van der Waals surface area (Å²) in [7, 11) is 3.12. The van der Waals surface area contributed by atoms with Gasteiger partial charge in [-0.05, 0) is 58.8 Å². The summed E-state index contributed by atoms with van der Waals surface area (Å²) < 4.78 is 16.7. The quantitative estimate of drug-likeness (QED) is 0.489. The zero-order valence-electron chi connectivity index (χ0n) is 15.9. The van der Waals surface area contributed by atoms with Crippen LogP contribution in [0.5, 0.6) is 17.2 Å². The van der Waals surface area contributed by atoms with E-state index in [4.69, 9.17) is 14.2 Å². The molecule has 2 aromatic rings. The van der Waals surface area contributed by atoms with Crippen LogP contribution in [-0.4, -0.2) is 26.7 Å². The molecular weight excluding hydrogens is 424 g/mol. The molecular formula is C21H21BrN2O4. The number of nitrogens with zero attached hydrogens (tertiary/aromatic N) is 1. The fraction of sp³-hybridized carbons (Fsp3) is 0.238. The second-order valence-corrected chi connectivity index (χ2v) is 6.51. The highest BCUT2D eigenvalue weighted by atomic mass is 79.9. The van der Waals surface area contributed by atoms with Crippen molar-refractivity contribution in [2.24, 2.45) is 0 Å². The van der Waals surface area contributed by atoms with Crippen molar-refractivity contribution in [2.45, 2.75) is 13.5 Å². The molecule has 0 atom stereocenters. The molecule has 2 aromatic carbocycles. The lowest BCUT2D eigenvalue weighted by Crippen LogP contribution is -2.24. The molecule has 2 rings (SSSR count). The average Bonchev–Trinajstić information content (AvgIpc) is 2.72. The maximum Gasteiger partial charge on any atom is 0.262 e. The largest absolute Gasteiger partial charge is 0.497 e. The van der Waals surface area contributed by atoms with Gasteiger partial charge in [-0.1, -0.05) is 6.07 Å². The van der Waals surface area contributed by atoms with E-state index in [-0.39, 0.29) is 12.1 Å². The van der Waals surface area contributed by atoms with Gasteiger partial charge in [0.15, 0.2) is 0 Å².